The molecule has 0 spiro atoms. The van der Waals surface area contributed by atoms with Gasteiger partial charge in [-0.1, -0.05) is 30.0 Å². The number of Topliss-reactive ketones (excluding diaryl/α,β-unsaturated/α-hetero) is 1. The summed E-state index contributed by atoms with van der Waals surface area (Å²) in [6, 6.07) is 11.4. The molecule has 0 aliphatic carbocycles. The number of carbonyl (C=O) groups is 2. The molecule has 0 amide bonds. The van der Waals surface area contributed by atoms with Gasteiger partial charge in [0.15, 0.2) is 12.4 Å². The maximum absolute atomic E-state index is 11.8. The Labute approximate surface area is 149 Å². The Morgan fingerprint density at radius 1 is 1.40 bits per heavy atom. The van der Waals surface area contributed by atoms with Gasteiger partial charge in [0.1, 0.15) is 5.92 Å². The first-order valence-corrected chi connectivity index (χ1v) is 8.53. The molecule has 1 N–H and O–H groups in total. The van der Waals surface area contributed by atoms with Crippen LogP contribution in [-0.2, 0) is 14.3 Å². The van der Waals surface area contributed by atoms with E-state index in [-0.39, 0.29) is 11.5 Å². The number of nitrogens with one attached hydrogen (secondary N) is 1. The van der Waals surface area contributed by atoms with Gasteiger partial charge in [0.05, 0.1) is 22.4 Å². The topological polar surface area (TPSA) is 104 Å². The van der Waals surface area contributed by atoms with Gasteiger partial charge < -0.3 is 10.1 Å². The van der Waals surface area contributed by atoms with E-state index in [0.29, 0.717) is 5.03 Å². The maximum atomic E-state index is 11.8. The summed E-state index contributed by atoms with van der Waals surface area (Å²) in [6.45, 7) is 2.85. The van der Waals surface area contributed by atoms with Crippen molar-refractivity contribution in [3.63, 3.8) is 0 Å². The maximum Gasteiger partial charge on any atom is 0.316 e. The van der Waals surface area contributed by atoms with Crippen LogP contribution >= 0.6 is 11.8 Å². The zero-order chi connectivity index (χ0) is 18.4. The number of nitriles is 1. The molecule has 2 aromatic rings. The molecule has 0 bridgehead atoms. The van der Waals surface area contributed by atoms with Gasteiger partial charge in [0, 0.05) is 11.1 Å². The van der Waals surface area contributed by atoms with Crippen LogP contribution in [0.1, 0.15) is 12.5 Å². The van der Waals surface area contributed by atoms with E-state index in [4.69, 9.17) is 15.4 Å². The highest BCUT2D eigenvalue weighted by molar-refractivity contribution is 7.99. The van der Waals surface area contributed by atoms with Crippen LogP contribution in [0.15, 0.2) is 35.4 Å². The zero-order valence-corrected chi connectivity index (χ0v) is 14.7. The van der Waals surface area contributed by atoms with E-state index in [2.05, 4.69) is 4.98 Å². The van der Waals surface area contributed by atoms with Crippen molar-refractivity contribution in [2.45, 2.75) is 18.9 Å². The average Bonchev–Trinajstić information content (AvgIpc) is 2.58. The molecule has 1 aromatic heterocycles. The van der Waals surface area contributed by atoms with Gasteiger partial charge in [0.2, 0.25) is 0 Å². The number of fused-ring (bicyclic) bond motifs is 1. The number of aryl methyl sites for hydroxylation is 1. The predicted octanol–water partition coefficient (Wildman–Crippen LogP) is 2.93. The predicted molar refractivity (Wildman–Crippen MR) is 95.7 cm³/mol. The zero-order valence-electron chi connectivity index (χ0n) is 13.9. The minimum Gasteiger partial charge on any atom is -0.457 e. The fourth-order valence-electron chi connectivity index (χ4n) is 2.21. The fraction of sp³-hybridized carbons (Fsp3) is 0.278. The molecule has 0 aliphatic heterocycles. The molecule has 0 unspecified atom stereocenters. The summed E-state index contributed by atoms with van der Waals surface area (Å²) in [5, 5.41) is 17.9. The molecule has 0 radical (unpaired) electrons. The molecule has 2 rings (SSSR count). The van der Waals surface area contributed by atoms with E-state index in [1.54, 1.807) is 6.07 Å². The van der Waals surface area contributed by atoms with Gasteiger partial charge in [-0.25, -0.2) is 4.98 Å². The number of para-hydroxylation sites is 1. The van der Waals surface area contributed by atoms with E-state index in [1.807, 2.05) is 37.3 Å². The summed E-state index contributed by atoms with van der Waals surface area (Å²) >= 11 is 1.23. The number of aromatic nitrogens is 1. The van der Waals surface area contributed by atoms with Crippen molar-refractivity contribution in [3.8, 4) is 6.07 Å². The molecule has 6 nitrogen and oxygen atoms in total. The smallest absolute Gasteiger partial charge is 0.316 e. The average molecular weight is 355 g/mol. The molecule has 128 valence electrons. The highest BCUT2D eigenvalue weighted by atomic mass is 32.2. The van der Waals surface area contributed by atoms with Crippen molar-refractivity contribution in [3.05, 3.63) is 35.9 Å². The fourth-order valence-corrected chi connectivity index (χ4v) is 2.98. The SMILES string of the molecule is CC(=N)[C@@H](C#N)C(=O)COC(=O)CSc1cc(C)c2ccccc2n1. The number of carbonyl (C=O) groups excluding carboxylic acids is 2. The summed E-state index contributed by atoms with van der Waals surface area (Å²) in [7, 11) is 0. The number of ketones is 1. The molecule has 7 heteroatoms. The number of ether oxygens (including phenoxy) is 1. The minimum absolute atomic E-state index is 0.0127. The van der Waals surface area contributed by atoms with Crippen molar-refractivity contribution in [1.82, 2.24) is 4.98 Å². The van der Waals surface area contributed by atoms with E-state index in [0.717, 1.165) is 16.5 Å². The summed E-state index contributed by atoms with van der Waals surface area (Å²) < 4.78 is 4.89. The molecule has 25 heavy (non-hydrogen) atoms. The molecule has 0 fully saturated rings. The van der Waals surface area contributed by atoms with Gasteiger partial charge in [-0.05, 0) is 31.5 Å². The number of esters is 1. The molecular weight excluding hydrogens is 338 g/mol. The third-order valence-electron chi connectivity index (χ3n) is 3.50. The molecule has 0 saturated heterocycles. The Balaban J connectivity index is 1.91. The van der Waals surface area contributed by atoms with Crippen LogP contribution in [-0.4, -0.2) is 34.8 Å². The van der Waals surface area contributed by atoms with Crippen LogP contribution in [0.25, 0.3) is 10.9 Å². The van der Waals surface area contributed by atoms with Crippen LogP contribution in [0.2, 0.25) is 0 Å². The number of hydrogen-bond donors (Lipinski definition) is 1. The number of pyridine rings is 1. The second kappa shape index (κ2) is 8.40. The quantitative estimate of drug-likeness (QED) is 0.465. The molecule has 0 aliphatic rings. The lowest BCUT2D eigenvalue weighted by molar-refractivity contribution is -0.145. The third kappa shape index (κ3) is 4.88. The lowest BCUT2D eigenvalue weighted by Gasteiger charge is -2.08. The monoisotopic (exact) mass is 355 g/mol. The third-order valence-corrected chi connectivity index (χ3v) is 4.38. The van der Waals surface area contributed by atoms with Crippen LogP contribution in [0.3, 0.4) is 0 Å². The van der Waals surface area contributed by atoms with E-state index < -0.39 is 24.3 Å². The molecule has 0 saturated carbocycles. The van der Waals surface area contributed by atoms with E-state index in [1.165, 1.54) is 18.7 Å². The van der Waals surface area contributed by atoms with Gasteiger partial charge in [0.25, 0.3) is 0 Å². The largest absolute Gasteiger partial charge is 0.457 e. The summed E-state index contributed by atoms with van der Waals surface area (Å²) in [4.78, 5) is 28.0. The van der Waals surface area contributed by atoms with Crippen molar-refractivity contribution < 1.29 is 14.3 Å². The Kier molecular flexibility index (Phi) is 6.25. The summed E-state index contributed by atoms with van der Waals surface area (Å²) in [5.74, 6) is -2.30. The van der Waals surface area contributed by atoms with E-state index >= 15 is 0 Å². The van der Waals surface area contributed by atoms with Gasteiger partial charge >= 0.3 is 5.97 Å². The molecule has 1 atom stereocenters. The Morgan fingerprint density at radius 3 is 2.80 bits per heavy atom. The Bertz CT molecular complexity index is 873. The summed E-state index contributed by atoms with van der Waals surface area (Å²) in [6.07, 6.45) is 0. The first-order chi connectivity index (χ1) is 11.9. The molecular formula is C18H17N3O3S. The van der Waals surface area contributed by atoms with Gasteiger partial charge in [-0.3, -0.25) is 9.59 Å². The number of nitrogens with zero attached hydrogens (tertiary/aromatic N) is 2. The lowest BCUT2D eigenvalue weighted by Crippen LogP contribution is -2.26. The number of rotatable bonds is 7. The number of hydrogen-bond acceptors (Lipinski definition) is 7. The normalized spacial score (nSPS) is 11.6. The van der Waals surface area contributed by atoms with Crippen LogP contribution in [0.4, 0.5) is 0 Å². The van der Waals surface area contributed by atoms with Crippen LogP contribution in [0.5, 0.6) is 0 Å². The lowest BCUT2D eigenvalue weighted by atomic mass is 10.0. The molecule has 1 heterocycles. The van der Waals surface area contributed by atoms with E-state index in [9.17, 15) is 9.59 Å². The number of thioether (sulfide) groups is 1. The van der Waals surface area contributed by atoms with Gasteiger partial charge in [-0.15, -0.1) is 0 Å². The first-order valence-electron chi connectivity index (χ1n) is 7.54. The summed E-state index contributed by atoms with van der Waals surface area (Å²) in [5.41, 5.74) is 1.86. The van der Waals surface area contributed by atoms with Crippen molar-refractivity contribution in [1.29, 1.82) is 10.7 Å². The second-order valence-corrected chi connectivity index (χ2v) is 6.45. The standard InChI is InChI=1S/C18H17N3O3S/c1-11-7-17(21-15-6-4-3-5-13(11)15)25-10-18(23)24-9-16(22)14(8-19)12(2)20/h3-7,14,20H,9-10H2,1-2H3/t14-/m1/s1. The second-order valence-electron chi connectivity index (χ2n) is 5.46. The van der Waals surface area contributed by atoms with Crippen LogP contribution in [0, 0.1) is 29.6 Å². The first kappa shape index (κ1) is 18.6. The Hall–Kier alpha value is -2.72. The van der Waals surface area contributed by atoms with Crippen molar-refractivity contribution >= 4 is 40.1 Å². The van der Waals surface area contributed by atoms with Gasteiger partial charge in [-0.2, -0.15) is 5.26 Å². The van der Waals surface area contributed by atoms with Crippen molar-refractivity contribution in [2.24, 2.45) is 5.92 Å². The highest BCUT2D eigenvalue weighted by Crippen LogP contribution is 2.23. The molecule has 1 aromatic carbocycles. The van der Waals surface area contributed by atoms with Crippen LogP contribution < -0.4 is 0 Å². The Morgan fingerprint density at radius 2 is 2.12 bits per heavy atom. The number of benzene rings is 1. The minimum atomic E-state index is -1.16. The van der Waals surface area contributed by atoms with Crippen molar-refractivity contribution in [2.75, 3.05) is 12.4 Å². The highest BCUT2D eigenvalue weighted by Gasteiger charge is 2.21.